The minimum Gasteiger partial charge on any atom is -0.444 e. The van der Waals surface area contributed by atoms with Gasteiger partial charge in [-0.1, -0.05) is 12.7 Å². The van der Waals surface area contributed by atoms with Crippen LogP contribution < -0.4 is 5.32 Å². The van der Waals surface area contributed by atoms with E-state index < -0.39 is 11.7 Å². The van der Waals surface area contributed by atoms with Crippen LogP contribution >= 0.6 is 0 Å². The highest BCUT2D eigenvalue weighted by molar-refractivity contribution is 5.70. The maximum absolute atomic E-state index is 11.2. The fourth-order valence-electron chi connectivity index (χ4n) is 0.654. The molecule has 0 spiro atoms. The van der Waals surface area contributed by atoms with Crippen LogP contribution in [0.15, 0.2) is 29.5 Å². The van der Waals surface area contributed by atoms with Gasteiger partial charge in [-0.15, -0.1) is 0 Å². The molecule has 4 heteroatoms. The summed E-state index contributed by atoms with van der Waals surface area (Å²) < 4.78 is 5.00. The first kappa shape index (κ1) is 12.4. The molecule has 0 unspecified atom stereocenters. The summed E-state index contributed by atoms with van der Waals surface area (Å²) in [5.74, 6) is 0.314. The Balaban J connectivity index is 4.24. The third-order valence-electron chi connectivity index (χ3n) is 1.08. The standard InChI is InChI=1S/C10H16N2O2/c1-6-7-8(11-5)12-9(13)14-10(2,3)4/h6-7H,1,5H2,2-4H3,(H,12,13)/b8-7+. The van der Waals surface area contributed by atoms with Crippen molar-refractivity contribution in [2.24, 2.45) is 4.99 Å². The van der Waals surface area contributed by atoms with Crippen molar-refractivity contribution in [3.8, 4) is 0 Å². The van der Waals surface area contributed by atoms with Gasteiger partial charge in [0.25, 0.3) is 0 Å². The van der Waals surface area contributed by atoms with Gasteiger partial charge in [-0.3, -0.25) is 5.32 Å². The SMILES string of the molecule is C=C/C=C(\N=C)NC(=O)OC(C)(C)C. The minimum absolute atomic E-state index is 0.314. The van der Waals surface area contributed by atoms with Crippen LogP contribution in [-0.4, -0.2) is 18.4 Å². The highest BCUT2D eigenvalue weighted by atomic mass is 16.6. The van der Waals surface area contributed by atoms with E-state index in [0.717, 1.165) is 0 Å². The molecule has 0 bridgehead atoms. The van der Waals surface area contributed by atoms with Crippen LogP contribution in [0.2, 0.25) is 0 Å². The number of hydrogen-bond acceptors (Lipinski definition) is 3. The van der Waals surface area contributed by atoms with Crippen LogP contribution in [0.1, 0.15) is 20.8 Å². The number of carbonyl (C=O) groups excluding carboxylic acids is 1. The van der Waals surface area contributed by atoms with Gasteiger partial charge in [0, 0.05) is 0 Å². The summed E-state index contributed by atoms with van der Waals surface area (Å²) in [5, 5.41) is 2.42. The molecule has 0 aromatic carbocycles. The van der Waals surface area contributed by atoms with Gasteiger partial charge in [-0.25, -0.2) is 9.79 Å². The topological polar surface area (TPSA) is 50.7 Å². The number of alkyl carbamates (subject to hydrolysis) is 1. The Morgan fingerprint density at radius 3 is 2.43 bits per heavy atom. The Bertz CT molecular complexity index is 262. The second-order valence-electron chi connectivity index (χ2n) is 3.57. The number of amides is 1. The van der Waals surface area contributed by atoms with Gasteiger partial charge < -0.3 is 4.74 Å². The monoisotopic (exact) mass is 196 g/mol. The Kier molecular flexibility index (Phi) is 4.63. The fourth-order valence-corrected chi connectivity index (χ4v) is 0.654. The first-order valence-corrected chi connectivity index (χ1v) is 4.18. The van der Waals surface area contributed by atoms with Crippen LogP contribution in [-0.2, 0) is 4.74 Å². The summed E-state index contributed by atoms with van der Waals surface area (Å²) in [6.45, 7) is 12.1. The van der Waals surface area contributed by atoms with Crippen LogP contribution in [0, 0.1) is 0 Å². The molecular formula is C10H16N2O2. The lowest BCUT2D eigenvalue weighted by Gasteiger charge is -2.19. The van der Waals surface area contributed by atoms with Crippen LogP contribution in [0.5, 0.6) is 0 Å². The van der Waals surface area contributed by atoms with E-state index in [2.05, 4.69) is 23.6 Å². The Labute approximate surface area is 84.4 Å². The number of ether oxygens (including phenoxy) is 1. The van der Waals surface area contributed by atoms with Crippen molar-refractivity contribution in [2.45, 2.75) is 26.4 Å². The molecule has 0 aliphatic heterocycles. The zero-order valence-corrected chi connectivity index (χ0v) is 8.83. The summed E-state index contributed by atoms with van der Waals surface area (Å²) in [7, 11) is 0. The van der Waals surface area contributed by atoms with Crippen molar-refractivity contribution in [3.05, 3.63) is 24.6 Å². The number of nitrogens with one attached hydrogen (secondary N) is 1. The highest BCUT2D eigenvalue weighted by Gasteiger charge is 2.16. The minimum atomic E-state index is -0.557. The average molecular weight is 196 g/mol. The summed E-state index contributed by atoms with van der Waals surface area (Å²) >= 11 is 0. The third kappa shape index (κ3) is 5.99. The predicted molar refractivity (Wildman–Crippen MR) is 57.2 cm³/mol. The molecule has 78 valence electrons. The van der Waals surface area contributed by atoms with Crippen LogP contribution in [0.4, 0.5) is 4.79 Å². The first-order chi connectivity index (χ1) is 6.39. The molecule has 0 fully saturated rings. The van der Waals surface area contributed by atoms with Crippen LogP contribution in [0.25, 0.3) is 0 Å². The zero-order chi connectivity index (χ0) is 11.2. The molecule has 0 radical (unpaired) electrons. The predicted octanol–water partition coefficient (Wildman–Crippen LogP) is 2.24. The van der Waals surface area contributed by atoms with Crippen LogP contribution in [0.3, 0.4) is 0 Å². The molecule has 0 saturated carbocycles. The van der Waals surface area contributed by atoms with Gasteiger partial charge in [-0.05, 0) is 33.6 Å². The van der Waals surface area contributed by atoms with E-state index in [4.69, 9.17) is 4.74 Å². The van der Waals surface area contributed by atoms with Gasteiger partial charge in [0.15, 0.2) is 0 Å². The van der Waals surface area contributed by atoms with Crippen molar-refractivity contribution in [1.29, 1.82) is 0 Å². The molecule has 0 saturated heterocycles. The second-order valence-corrected chi connectivity index (χ2v) is 3.57. The summed E-state index contributed by atoms with van der Waals surface area (Å²) in [6, 6.07) is 0. The number of carbonyl (C=O) groups is 1. The van der Waals surface area contributed by atoms with Crippen molar-refractivity contribution in [2.75, 3.05) is 0 Å². The zero-order valence-electron chi connectivity index (χ0n) is 8.83. The van der Waals surface area contributed by atoms with Gasteiger partial charge in [-0.2, -0.15) is 0 Å². The molecule has 0 rings (SSSR count). The molecule has 14 heavy (non-hydrogen) atoms. The van der Waals surface area contributed by atoms with E-state index in [1.807, 2.05) is 0 Å². The maximum Gasteiger partial charge on any atom is 0.413 e. The lowest BCUT2D eigenvalue weighted by Crippen LogP contribution is -2.31. The normalized spacial score (nSPS) is 11.8. The van der Waals surface area contributed by atoms with E-state index in [0.29, 0.717) is 5.82 Å². The summed E-state index contributed by atoms with van der Waals surface area (Å²) in [4.78, 5) is 14.8. The molecule has 0 aliphatic rings. The largest absolute Gasteiger partial charge is 0.444 e. The smallest absolute Gasteiger partial charge is 0.413 e. The Hall–Kier alpha value is -1.58. The number of allylic oxidation sites excluding steroid dienone is 2. The molecule has 0 atom stereocenters. The highest BCUT2D eigenvalue weighted by Crippen LogP contribution is 2.07. The van der Waals surface area contributed by atoms with Gasteiger partial charge in [0.2, 0.25) is 0 Å². The number of hydrogen-bond donors (Lipinski definition) is 1. The summed E-state index contributed by atoms with van der Waals surface area (Å²) in [6.07, 6.45) is 2.47. The van der Waals surface area contributed by atoms with Crippen molar-refractivity contribution in [1.82, 2.24) is 5.32 Å². The first-order valence-electron chi connectivity index (χ1n) is 4.18. The number of nitrogens with zero attached hydrogens (tertiary/aromatic N) is 1. The fraction of sp³-hybridized carbons (Fsp3) is 0.400. The number of aliphatic imine (C=N–C) groups is 1. The average Bonchev–Trinajstić information content (AvgIpc) is 2.00. The molecule has 0 aromatic heterocycles. The van der Waals surface area contributed by atoms with E-state index >= 15 is 0 Å². The van der Waals surface area contributed by atoms with Crippen molar-refractivity contribution in [3.63, 3.8) is 0 Å². The summed E-state index contributed by atoms with van der Waals surface area (Å²) in [5.41, 5.74) is -0.523. The molecule has 4 nitrogen and oxygen atoms in total. The third-order valence-corrected chi connectivity index (χ3v) is 1.08. The molecule has 0 aliphatic carbocycles. The van der Waals surface area contributed by atoms with E-state index in [-0.39, 0.29) is 0 Å². The quantitative estimate of drug-likeness (QED) is 0.556. The molecule has 1 N–H and O–H groups in total. The lowest BCUT2D eigenvalue weighted by atomic mass is 10.2. The molecular weight excluding hydrogens is 180 g/mol. The lowest BCUT2D eigenvalue weighted by molar-refractivity contribution is 0.0545. The second kappa shape index (κ2) is 5.21. The van der Waals surface area contributed by atoms with Crippen molar-refractivity contribution >= 4 is 12.8 Å². The van der Waals surface area contributed by atoms with Gasteiger partial charge in [0.1, 0.15) is 11.4 Å². The van der Waals surface area contributed by atoms with Crippen molar-refractivity contribution < 1.29 is 9.53 Å². The Morgan fingerprint density at radius 2 is 2.07 bits per heavy atom. The molecule has 0 aromatic rings. The maximum atomic E-state index is 11.2. The van der Waals surface area contributed by atoms with E-state index in [1.54, 1.807) is 20.8 Å². The van der Waals surface area contributed by atoms with Gasteiger partial charge in [0.05, 0.1) is 0 Å². The van der Waals surface area contributed by atoms with E-state index in [1.165, 1.54) is 12.2 Å². The number of rotatable bonds is 3. The Morgan fingerprint density at radius 1 is 1.50 bits per heavy atom. The molecule has 1 amide bonds. The van der Waals surface area contributed by atoms with Gasteiger partial charge >= 0.3 is 6.09 Å². The molecule has 0 heterocycles. The van der Waals surface area contributed by atoms with E-state index in [9.17, 15) is 4.79 Å².